The summed E-state index contributed by atoms with van der Waals surface area (Å²) in [4.78, 5) is 22.8. The van der Waals surface area contributed by atoms with Crippen molar-refractivity contribution in [3.63, 3.8) is 0 Å². The van der Waals surface area contributed by atoms with Gasteiger partial charge in [-0.1, -0.05) is 11.6 Å². The summed E-state index contributed by atoms with van der Waals surface area (Å²) in [5, 5.41) is 10.9. The number of nitro groups is 1. The predicted molar refractivity (Wildman–Crippen MR) is 97.5 cm³/mol. The fourth-order valence-corrected chi connectivity index (χ4v) is 2.62. The van der Waals surface area contributed by atoms with E-state index in [2.05, 4.69) is 0 Å². The molecule has 0 aliphatic rings. The standard InChI is InChI=1S/C19H11ClF3NO6/c20-15-8-11(19(21,22)23)3-6-17(15)30-12-4-5-16(24(26)27)14(9-12)18(25)29-10-13-2-1-7-28-13/h1-9H,10H2. The molecule has 3 aromatic rings. The van der Waals surface area contributed by atoms with Gasteiger partial charge in [0.2, 0.25) is 0 Å². The first-order valence-electron chi connectivity index (χ1n) is 8.17. The Bertz CT molecular complexity index is 1080. The van der Waals surface area contributed by atoms with E-state index in [0.29, 0.717) is 11.8 Å². The van der Waals surface area contributed by atoms with Crippen LogP contribution in [-0.4, -0.2) is 10.9 Å². The molecule has 30 heavy (non-hydrogen) atoms. The predicted octanol–water partition coefficient (Wildman–Crippen LogP) is 6.01. The number of carbonyl (C=O) groups is 1. The third kappa shape index (κ3) is 4.90. The van der Waals surface area contributed by atoms with Gasteiger partial charge in [-0.2, -0.15) is 13.2 Å². The van der Waals surface area contributed by atoms with Crippen LogP contribution < -0.4 is 4.74 Å². The lowest BCUT2D eigenvalue weighted by Crippen LogP contribution is -2.08. The lowest BCUT2D eigenvalue weighted by atomic mass is 10.1. The SMILES string of the molecule is O=C(OCc1ccco1)c1cc(Oc2ccc(C(F)(F)F)cc2Cl)ccc1[N+](=O)[O-]. The Hall–Kier alpha value is -3.53. The molecule has 3 rings (SSSR count). The molecular weight excluding hydrogens is 431 g/mol. The number of nitro benzene ring substituents is 1. The van der Waals surface area contributed by atoms with Gasteiger partial charge < -0.3 is 13.9 Å². The number of benzene rings is 2. The molecule has 0 bridgehead atoms. The number of ether oxygens (including phenoxy) is 2. The number of rotatable bonds is 6. The first-order chi connectivity index (χ1) is 14.1. The van der Waals surface area contributed by atoms with Crippen LogP contribution in [0.3, 0.4) is 0 Å². The van der Waals surface area contributed by atoms with Gasteiger partial charge in [0.15, 0.2) is 0 Å². The van der Waals surface area contributed by atoms with Crippen LogP contribution in [0.2, 0.25) is 5.02 Å². The zero-order valence-electron chi connectivity index (χ0n) is 14.8. The quantitative estimate of drug-likeness (QED) is 0.264. The second-order valence-corrected chi connectivity index (χ2v) is 6.24. The number of alkyl halides is 3. The van der Waals surface area contributed by atoms with Gasteiger partial charge in [-0.25, -0.2) is 4.79 Å². The molecule has 0 saturated carbocycles. The molecule has 0 atom stereocenters. The van der Waals surface area contributed by atoms with Gasteiger partial charge in [-0.15, -0.1) is 0 Å². The van der Waals surface area contributed by atoms with Gasteiger partial charge in [0.25, 0.3) is 5.69 Å². The molecule has 0 spiro atoms. The minimum Gasteiger partial charge on any atom is -0.466 e. The van der Waals surface area contributed by atoms with Crippen LogP contribution in [0.5, 0.6) is 11.5 Å². The van der Waals surface area contributed by atoms with E-state index in [9.17, 15) is 28.1 Å². The maximum atomic E-state index is 12.7. The van der Waals surface area contributed by atoms with Crippen LogP contribution in [0.1, 0.15) is 21.7 Å². The van der Waals surface area contributed by atoms with Crippen LogP contribution in [0, 0.1) is 10.1 Å². The van der Waals surface area contributed by atoms with E-state index in [-0.39, 0.29) is 23.1 Å². The Balaban J connectivity index is 1.85. The maximum Gasteiger partial charge on any atom is 0.416 e. The molecule has 0 fully saturated rings. The first-order valence-corrected chi connectivity index (χ1v) is 8.55. The number of furan rings is 1. The van der Waals surface area contributed by atoms with Crippen molar-refractivity contribution < 1.29 is 36.8 Å². The molecule has 0 aliphatic carbocycles. The van der Waals surface area contributed by atoms with Gasteiger partial charge in [0.05, 0.1) is 21.8 Å². The van der Waals surface area contributed by atoms with Crippen molar-refractivity contribution in [2.24, 2.45) is 0 Å². The summed E-state index contributed by atoms with van der Waals surface area (Å²) in [7, 11) is 0. The third-order valence-corrected chi connectivity index (χ3v) is 4.09. The van der Waals surface area contributed by atoms with Gasteiger partial charge in [-0.05, 0) is 36.4 Å². The summed E-state index contributed by atoms with van der Waals surface area (Å²) < 4.78 is 53.6. The number of nitrogens with zero attached hydrogens (tertiary/aromatic N) is 1. The summed E-state index contributed by atoms with van der Waals surface area (Å²) >= 11 is 5.84. The number of hydrogen-bond acceptors (Lipinski definition) is 6. The highest BCUT2D eigenvalue weighted by atomic mass is 35.5. The van der Waals surface area contributed by atoms with Crippen LogP contribution in [0.15, 0.2) is 59.2 Å². The van der Waals surface area contributed by atoms with Crippen LogP contribution in [-0.2, 0) is 17.5 Å². The van der Waals surface area contributed by atoms with Crippen LogP contribution in [0.25, 0.3) is 0 Å². The van der Waals surface area contributed by atoms with Crippen LogP contribution in [0.4, 0.5) is 18.9 Å². The molecule has 2 aromatic carbocycles. The molecular formula is C19H11ClF3NO6. The summed E-state index contributed by atoms with van der Waals surface area (Å²) in [6.45, 7) is -0.251. The molecule has 0 N–H and O–H groups in total. The topological polar surface area (TPSA) is 91.8 Å². The van der Waals surface area contributed by atoms with E-state index in [1.165, 1.54) is 12.3 Å². The zero-order valence-corrected chi connectivity index (χ0v) is 15.6. The number of hydrogen-bond donors (Lipinski definition) is 0. The Morgan fingerprint density at radius 3 is 2.53 bits per heavy atom. The number of halogens is 4. The third-order valence-electron chi connectivity index (χ3n) is 3.80. The highest BCUT2D eigenvalue weighted by Crippen LogP contribution is 2.37. The van der Waals surface area contributed by atoms with E-state index in [0.717, 1.165) is 24.3 Å². The minimum absolute atomic E-state index is 0.0628. The Kier molecular flexibility index (Phi) is 5.97. The van der Waals surface area contributed by atoms with E-state index in [1.807, 2.05) is 0 Å². The molecule has 0 aliphatic heterocycles. The summed E-state index contributed by atoms with van der Waals surface area (Å²) in [6, 6.07) is 8.80. The van der Waals surface area contributed by atoms with Gasteiger partial charge in [0, 0.05) is 12.1 Å². The highest BCUT2D eigenvalue weighted by molar-refractivity contribution is 6.32. The van der Waals surface area contributed by atoms with E-state index in [4.69, 9.17) is 25.5 Å². The minimum atomic E-state index is -4.58. The second-order valence-electron chi connectivity index (χ2n) is 5.84. The van der Waals surface area contributed by atoms with Crippen molar-refractivity contribution >= 4 is 23.3 Å². The molecule has 7 nitrogen and oxygen atoms in total. The van der Waals surface area contributed by atoms with Gasteiger partial charge in [-0.3, -0.25) is 10.1 Å². The highest BCUT2D eigenvalue weighted by Gasteiger charge is 2.31. The Labute approximate surface area is 171 Å². The van der Waals surface area contributed by atoms with Crippen LogP contribution >= 0.6 is 11.6 Å². The van der Waals surface area contributed by atoms with Crippen molar-refractivity contribution in [3.8, 4) is 11.5 Å². The Morgan fingerprint density at radius 2 is 1.93 bits per heavy atom. The van der Waals surface area contributed by atoms with Crippen molar-refractivity contribution in [1.29, 1.82) is 0 Å². The first kappa shape index (κ1) is 21.2. The summed E-state index contributed by atoms with van der Waals surface area (Å²) in [5.74, 6) is -0.877. The van der Waals surface area contributed by atoms with Crippen molar-refractivity contribution in [2.45, 2.75) is 12.8 Å². The smallest absolute Gasteiger partial charge is 0.416 e. The van der Waals surface area contributed by atoms with Gasteiger partial charge in [0.1, 0.15) is 29.4 Å². The van der Waals surface area contributed by atoms with Crippen molar-refractivity contribution in [1.82, 2.24) is 0 Å². The molecule has 156 valence electrons. The summed E-state index contributed by atoms with van der Waals surface area (Å²) in [6.07, 6.45) is -3.21. The average molecular weight is 442 g/mol. The van der Waals surface area contributed by atoms with E-state index in [1.54, 1.807) is 12.1 Å². The fraction of sp³-hybridized carbons (Fsp3) is 0.105. The number of esters is 1. The Morgan fingerprint density at radius 1 is 1.17 bits per heavy atom. The van der Waals surface area contributed by atoms with Crippen molar-refractivity contribution in [3.05, 3.63) is 86.8 Å². The fourth-order valence-electron chi connectivity index (χ4n) is 2.40. The molecule has 0 unspecified atom stereocenters. The van der Waals surface area contributed by atoms with E-state index < -0.39 is 33.9 Å². The average Bonchev–Trinajstić information content (AvgIpc) is 3.20. The lowest BCUT2D eigenvalue weighted by Gasteiger charge is -2.12. The monoisotopic (exact) mass is 441 g/mol. The zero-order chi connectivity index (χ0) is 21.9. The molecule has 0 amide bonds. The van der Waals surface area contributed by atoms with E-state index >= 15 is 0 Å². The molecule has 1 heterocycles. The van der Waals surface area contributed by atoms with Gasteiger partial charge >= 0.3 is 12.1 Å². The summed E-state index contributed by atoms with van der Waals surface area (Å²) in [5.41, 5.74) is -1.91. The molecule has 11 heteroatoms. The normalized spacial score (nSPS) is 11.2. The second kappa shape index (κ2) is 8.46. The number of carbonyl (C=O) groups excluding carboxylic acids is 1. The molecule has 1 aromatic heterocycles. The maximum absolute atomic E-state index is 12.7. The largest absolute Gasteiger partial charge is 0.466 e. The molecule has 0 radical (unpaired) electrons. The lowest BCUT2D eigenvalue weighted by molar-refractivity contribution is -0.385. The molecule has 0 saturated heterocycles. The van der Waals surface area contributed by atoms with Crippen molar-refractivity contribution in [2.75, 3.05) is 0 Å².